The molecule has 3 atom stereocenters. The fourth-order valence-corrected chi connectivity index (χ4v) is 5.29. The first kappa shape index (κ1) is 15.7. The van der Waals surface area contributed by atoms with Crippen molar-refractivity contribution in [2.24, 2.45) is 10.9 Å². The second-order valence-electron chi connectivity index (χ2n) is 6.93. The van der Waals surface area contributed by atoms with Gasteiger partial charge in [-0.25, -0.2) is 0 Å². The number of nitrogens with zero attached hydrogens (tertiary/aromatic N) is 1. The first-order chi connectivity index (χ1) is 10.2. The summed E-state index contributed by atoms with van der Waals surface area (Å²) in [4.78, 5) is 5.03. The van der Waals surface area contributed by atoms with E-state index in [0.717, 1.165) is 38.2 Å². The van der Waals surface area contributed by atoms with Crippen LogP contribution in [0.4, 0.5) is 0 Å². The lowest BCUT2D eigenvalue weighted by Gasteiger charge is -2.41. The number of aliphatic imine (C=N–C) groups is 1. The van der Waals surface area contributed by atoms with Gasteiger partial charge in [-0.15, -0.1) is 0 Å². The maximum atomic E-state index is 6.08. The Bertz CT molecular complexity index is 381. The van der Waals surface area contributed by atoms with E-state index in [9.17, 15) is 0 Å². The Labute approximate surface area is 133 Å². The molecular formula is C17H30N2OS. The third-order valence-corrected chi connectivity index (χ3v) is 6.79. The molecule has 2 fully saturated rings. The Hall–Kier alpha value is -0.220. The smallest absolute Gasteiger partial charge is 0.157 e. The molecule has 0 aromatic carbocycles. The summed E-state index contributed by atoms with van der Waals surface area (Å²) in [6, 6.07) is 1.15. The van der Waals surface area contributed by atoms with Crippen molar-refractivity contribution in [2.45, 2.75) is 82.9 Å². The van der Waals surface area contributed by atoms with Crippen LogP contribution in [0.2, 0.25) is 0 Å². The Kier molecular flexibility index (Phi) is 5.15. The zero-order chi connectivity index (χ0) is 14.7. The van der Waals surface area contributed by atoms with E-state index < -0.39 is 0 Å². The molecule has 4 heteroatoms. The van der Waals surface area contributed by atoms with Gasteiger partial charge in [-0.05, 0) is 44.4 Å². The molecule has 1 aliphatic carbocycles. The third kappa shape index (κ3) is 3.58. The van der Waals surface area contributed by atoms with Crippen molar-refractivity contribution in [3.63, 3.8) is 0 Å². The SMILES string of the molecule is CCC1(CC)CC(NC2=NC3CCCCC3CS2)CCO1. The summed E-state index contributed by atoms with van der Waals surface area (Å²) in [5, 5.41) is 4.96. The number of thioether (sulfide) groups is 1. The molecule has 1 saturated heterocycles. The molecule has 3 aliphatic rings. The van der Waals surface area contributed by atoms with E-state index in [0.29, 0.717) is 12.1 Å². The van der Waals surface area contributed by atoms with Gasteiger partial charge in [0.15, 0.2) is 5.17 Å². The predicted molar refractivity (Wildman–Crippen MR) is 91.1 cm³/mol. The summed E-state index contributed by atoms with van der Waals surface area (Å²) in [5.74, 6) is 2.11. The van der Waals surface area contributed by atoms with Crippen molar-refractivity contribution in [1.29, 1.82) is 0 Å². The van der Waals surface area contributed by atoms with E-state index >= 15 is 0 Å². The van der Waals surface area contributed by atoms with Crippen molar-refractivity contribution in [3.8, 4) is 0 Å². The van der Waals surface area contributed by atoms with Crippen LogP contribution in [0.1, 0.15) is 65.2 Å². The minimum Gasteiger partial charge on any atom is -0.375 e. The Morgan fingerprint density at radius 2 is 2.05 bits per heavy atom. The Morgan fingerprint density at radius 3 is 2.86 bits per heavy atom. The molecule has 21 heavy (non-hydrogen) atoms. The zero-order valence-electron chi connectivity index (χ0n) is 13.6. The fraction of sp³-hybridized carbons (Fsp3) is 0.941. The molecule has 1 saturated carbocycles. The highest BCUT2D eigenvalue weighted by atomic mass is 32.2. The molecule has 0 bridgehead atoms. The van der Waals surface area contributed by atoms with Crippen LogP contribution in [0.3, 0.4) is 0 Å². The second kappa shape index (κ2) is 6.91. The predicted octanol–water partition coefficient (Wildman–Crippen LogP) is 3.98. The first-order valence-corrected chi connectivity index (χ1v) is 9.84. The maximum absolute atomic E-state index is 6.08. The number of nitrogens with one attached hydrogen (secondary N) is 1. The lowest BCUT2D eigenvalue weighted by atomic mass is 9.85. The van der Waals surface area contributed by atoms with Crippen LogP contribution in [0.25, 0.3) is 0 Å². The molecule has 3 unspecified atom stereocenters. The standard InChI is InChI=1S/C17H30N2OS/c1-3-17(4-2)11-14(9-10-20-17)18-16-19-15-8-6-5-7-13(15)12-21-16/h13-15H,3-12H2,1-2H3,(H,18,19). The number of fused-ring (bicyclic) bond motifs is 1. The van der Waals surface area contributed by atoms with Gasteiger partial charge in [0.05, 0.1) is 11.6 Å². The maximum Gasteiger partial charge on any atom is 0.157 e. The van der Waals surface area contributed by atoms with Crippen molar-refractivity contribution in [3.05, 3.63) is 0 Å². The van der Waals surface area contributed by atoms with Crippen molar-refractivity contribution in [2.75, 3.05) is 12.4 Å². The van der Waals surface area contributed by atoms with E-state index in [1.807, 2.05) is 11.8 Å². The molecule has 2 aliphatic heterocycles. The minimum absolute atomic E-state index is 0.100. The normalized spacial score (nSPS) is 35.7. The highest BCUT2D eigenvalue weighted by Crippen LogP contribution is 2.35. The summed E-state index contributed by atoms with van der Waals surface area (Å²) >= 11 is 1.96. The average Bonchev–Trinajstić information content (AvgIpc) is 2.55. The summed E-state index contributed by atoms with van der Waals surface area (Å²) in [5.41, 5.74) is 0.100. The largest absolute Gasteiger partial charge is 0.375 e. The van der Waals surface area contributed by atoms with Gasteiger partial charge >= 0.3 is 0 Å². The van der Waals surface area contributed by atoms with Crippen LogP contribution in [0.15, 0.2) is 4.99 Å². The molecule has 1 N–H and O–H groups in total. The van der Waals surface area contributed by atoms with E-state index in [-0.39, 0.29) is 5.60 Å². The van der Waals surface area contributed by atoms with Gasteiger partial charge in [0, 0.05) is 18.4 Å². The number of amidine groups is 1. The molecule has 3 nitrogen and oxygen atoms in total. The van der Waals surface area contributed by atoms with Crippen LogP contribution >= 0.6 is 11.8 Å². The minimum atomic E-state index is 0.100. The quantitative estimate of drug-likeness (QED) is 0.856. The molecule has 0 amide bonds. The van der Waals surface area contributed by atoms with Crippen LogP contribution in [-0.4, -0.2) is 35.2 Å². The molecule has 0 aromatic rings. The molecule has 3 rings (SSSR count). The van der Waals surface area contributed by atoms with Crippen molar-refractivity contribution in [1.82, 2.24) is 5.32 Å². The molecule has 0 radical (unpaired) electrons. The number of rotatable bonds is 3. The summed E-state index contributed by atoms with van der Waals surface area (Å²) in [6.07, 6.45) is 9.96. The van der Waals surface area contributed by atoms with Gasteiger partial charge in [-0.2, -0.15) is 0 Å². The van der Waals surface area contributed by atoms with Crippen molar-refractivity contribution >= 4 is 16.9 Å². The van der Waals surface area contributed by atoms with Gasteiger partial charge in [0.2, 0.25) is 0 Å². The first-order valence-electron chi connectivity index (χ1n) is 8.86. The van der Waals surface area contributed by atoms with Crippen LogP contribution in [-0.2, 0) is 4.74 Å². The lowest BCUT2D eigenvalue weighted by molar-refractivity contribution is -0.0909. The highest BCUT2D eigenvalue weighted by molar-refractivity contribution is 8.13. The Balaban J connectivity index is 1.60. The molecular weight excluding hydrogens is 280 g/mol. The van der Waals surface area contributed by atoms with E-state index in [2.05, 4.69) is 19.2 Å². The van der Waals surface area contributed by atoms with Gasteiger partial charge in [0.25, 0.3) is 0 Å². The third-order valence-electron chi connectivity index (χ3n) is 5.70. The van der Waals surface area contributed by atoms with Crippen LogP contribution in [0.5, 0.6) is 0 Å². The number of hydrogen-bond acceptors (Lipinski definition) is 4. The number of hydrogen-bond donors (Lipinski definition) is 1. The van der Waals surface area contributed by atoms with Crippen molar-refractivity contribution < 1.29 is 4.74 Å². The van der Waals surface area contributed by atoms with Crippen LogP contribution < -0.4 is 5.32 Å². The topological polar surface area (TPSA) is 33.6 Å². The summed E-state index contributed by atoms with van der Waals surface area (Å²) < 4.78 is 6.08. The zero-order valence-corrected chi connectivity index (χ0v) is 14.4. The molecule has 0 aromatic heterocycles. The molecule has 120 valence electrons. The van der Waals surface area contributed by atoms with Gasteiger partial charge in [0.1, 0.15) is 0 Å². The molecule has 0 spiro atoms. The van der Waals surface area contributed by atoms with Gasteiger partial charge < -0.3 is 10.1 Å². The molecule has 2 heterocycles. The Morgan fingerprint density at radius 1 is 1.24 bits per heavy atom. The van der Waals surface area contributed by atoms with E-state index in [1.165, 1.54) is 36.6 Å². The lowest BCUT2D eigenvalue weighted by Crippen LogP contribution is -2.48. The number of ether oxygens (including phenoxy) is 1. The fourth-order valence-electron chi connectivity index (χ4n) is 4.07. The van der Waals surface area contributed by atoms with E-state index in [4.69, 9.17) is 9.73 Å². The van der Waals surface area contributed by atoms with Gasteiger partial charge in [-0.1, -0.05) is 38.5 Å². The summed E-state index contributed by atoms with van der Waals surface area (Å²) in [7, 11) is 0. The summed E-state index contributed by atoms with van der Waals surface area (Å²) in [6.45, 7) is 5.40. The van der Waals surface area contributed by atoms with Crippen LogP contribution in [0, 0.1) is 5.92 Å². The second-order valence-corrected chi connectivity index (χ2v) is 7.94. The van der Waals surface area contributed by atoms with E-state index in [1.54, 1.807) is 0 Å². The monoisotopic (exact) mass is 310 g/mol. The average molecular weight is 311 g/mol. The highest BCUT2D eigenvalue weighted by Gasteiger charge is 2.36. The van der Waals surface area contributed by atoms with Gasteiger partial charge in [-0.3, -0.25) is 4.99 Å².